The predicted molar refractivity (Wildman–Crippen MR) is 96.4 cm³/mol. The van der Waals surface area contributed by atoms with E-state index in [1.807, 2.05) is 0 Å². The third-order valence-electron chi connectivity index (χ3n) is 4.18. The second kappa shape index (κ2) is 7.35. The maximum absolute atomic E-state index is 12.6. The fourth-order valence-electron chi connectivity index (χ4n) is 2.71. The average molecular weight is 396 g/mol. The molecular formula is C19H12N2O8. The second-order valence-electron chi connectivity index (χ2n) is 6.00. The highest BCUT2D eigenvalue weighted by Crippen LogP contribution is 2.26. The molecule has 3 amide bonds. The Bertz CT molecular complexity index is 1060. The number of carbonyl (C=O) groups excluding carboxylic acids is 4. The van der Waals surface area contributed by atoms with Gasteiger partial charge in [0.2, 0.25) is 11.7 Å². The summed E-state index contributed by atoms with van der Waals surface area (Å²) >= 11 is 0. The first-order valence-corrected chi connectivity index (χ1v) is 8.10. The quantitative estimate of drug-likeness (QED) is 0.380. The molecule has 0 spiro atoms. The van der Waals surface area contributed by atoms with Crippen molar-refractivity contribution in [3.05, 3.63) is 59.7 Å². The van der Waals surface area contributed by atoms with Gasteiger partial charge in [-0.2, -0.15) is 0 Å². The summed E-state index contributed by atoms with van der Waals surface area (Å²) in [4.78, 5) is 71.6. The minimum atomic E-state index is -1.90. The van der Waals surface area contributed by atoms with Crippen LogP contribution >= 0.6 is 0 Å². The minimum absolute atomic E-state index is 0.0258. The molecule has 3 N–H and O–H groups in total. The van der Waals surface area contributed by atoms with Gasteiger partial charge in [-0.3, -0.25) is 19.2 Å². The van der Waals surface area contributed by atoms with Gasteiger partial charge in [0, 0.05) is 5.69 Å². The summed E-state index contributed by atoms with van der Waals surface area (Å²) in [6, 6.07) is 9.65. The number of carboxylic acid groups (broad SMARTS) is 2. The molecule has 29 heavy (non-hydrogen) atoms. The number of benzene rings is 2. The lowest BCUT2D eigenvalue weighted by Gasteiger charge is -2.14. The van der Waals surface area contributed by atoms with Crippen molar-refractivity contribution in [2.45, 2.75) is 0 Å². The summed E-state index contributed by atoms with van der Waals surface area (Å²) < 4.78 is 0. The zero-order valence-electron chi connectivity index (χ0n) is 14.5. The second-order valence-corrected chi connectivity index (χ2v) is 6.00. The third kappa shape index (κ3) is 3.58. The molecule has 2 aromatic carbocycles. The third-order valence-corrected chi connectivity index (χ3v) is 4.18. The van der Waals surface area contributed by atoms with Gasteiger partial charge in [-0.05, 0) is 48.5 Å². The largest absolute Gasteiger partial charge is 0.478 e. The van der Waals surface area contributed by atoms with Gasteiger partial charge in [0.1, 0.15) is 0 Å². The molecule has 0 radical (unpaired) electrons. The highest BCUT2D eigenvalue weighted by atomic mass is 16.4. The summed E-state index contributed by atoms with van der Waals surface area (Å²) in [6.45, 7) is 0. The Morgan fingerprint density at radius 3 is 1.76 bits per heavy atom. The fourth-order valence-corrected chi connectivity index (χ4v) is 2.71. The van der Waals surface area contributed by atoms with E-state index < -0.39 is 41.4 Å². The van der Waals surface area contributed by atoms with E-state index in [-0.39, 0.29) is 22.5 Å². The number of anilines is 2. The Labute approximate surface area is 162 Å². The van der Waals surface area contributed by atoms with Crippen LogP contribution in [-0.4, -0.2) is 45.7 Å². The van der Waals surface area contributed by atoms with E-state index in [1.165, 1.54) is 36.4 Å². The van der Waals surface area contributed by atoms with E-state index in [4.69, 9.17) is 10.2 Å². The number of rotatable bonds is 5. The number of aromatic carboxylic acids is 2. The lowest BCUT2D eigenvalue weighted by molar-refractivity contribution is -0.139. The number of hydrogen-bond donors (Lipinski definition) is 3. The topological polar surface area (TPSA) is 158 Å². The van der Waals surface area contributed by atoms with Gasteiger partial charge in [-0.25, -0.2) is 14.5 Å². The van der Waals surface area contributed by atoms with Crippen molar-refractivity contribution >= 4 is 46.8 Å². The van der Waals surface area contributed by atoms with E-state index >= 15 is 0 Å². The molecule has 1 fully saturated rings. The molecule has 10 heteroatoms. The van der Waals surface area contributed by atoms with Crippen LogP contribution in [0.25, 0.3) is 0 Å². The van der Waals surface area contributed by atoms with Gasteiger partial charge in [0.15, 0.2) is 5.92 Å². The highest BCUT2D eigenvalue weighted by Gasteiger charge is 2.51. The van der Waals surface area contributed by atoms with E-state index in [0.29, 0.717) is 4.90 Å². The number of ketones is 1. The van der Waals surface area contributed by atoms with Crippen LogP contribution < -0.4 is 10.2 Å². The van der Waals surface area contributed by atoms with Gasteiger partial charge < -0.3 is 15.5 Å². The molecule has 2 aromatic rings. The molecule has 3 rings (SSSR count). The van der Waals surface area contributed by atoms with E-state index in [9.17, 15) is 28.8 Å². The zero-order chi connectivity index (χ0) is 21.3. The van der Waals surface area contributed by atoms with Gasteiger partial charge in [-0.15, -0.1) is 0 Å². The minimum Gasteiger partial charge on any atom is -0.478 e. The van der Waals surface area contributed by atoms with E-state index in [2.05, 4.69) is 5.32 Å². The number of carbonyl (C=O) groups is 6. The van der Waals surface area contributed by atoms with E-state index in [0.717, 1.165) is 12.1 Å². The highest BCUT2D eigenvalue weighted by molar-refractivity contribution is 6.59. The Morgan fingerprint density at radius 2 is 1.28 bits per heavy atom. The molecule has 146 valence electrons. The van der Waals surface area contributed by atoms with Crippen LogP contribution in [-0.2, 0) is 19.2 Å². The molecule has 1 atom stereocenters. The molecule has 0 aliphatic carbocycles. The molecular weight excluding hydrogens is 384 g/mol. The average Bonchev–Trinajstić information content (AvgIpc) is 2.91. The van der Waals surface area contributed by atoms with Gasteiger partial charge in [0.05, 0.1) is 16.8 Å². The summed E-state index contributed by atoms with van der Waals surface area (Å²) in [5.74, 6) is -8.82. The summed E-state index contributed by atoms with van der Waals surface area (Å²) in [6.07, 6.45) is 0. The Morgan fingerprint density at radius 1 is 0.793 bits per heavy atom. The van der Waals surface area contributed by atoms with Crippen molar-refractivity contribution in [2.24, 2.45) is 5.92 Å². The van der Waals surface area contributed by atoms with Crippen molar-refractivity contribution in [1.82, 2.24) is 0 Å². The number of nitrogens with zero attached hydrogens (tertiary/aromatic N) is 1. The number of amides is 3. The molecule has 0 unspecified atom stereocenters. The number of nitrogens with one attached hydrogen (secondary N) is 1. The summed E-state index contributed by atoms with van der Waals surface area (Å²) in [5.41, 5.74) is -0.0165. The molecule has 0 bridgehead atoms. The van der Waals surface area contributed by atoms with Crippen LogP contribution in [0.15, 0.2) is 48.5 Å². The molecule has 1 aliphatic rings. The van der Waals surface area contributed by atoms with Crippen molar-refractivity contribution in [2.75, 3.05) is 10.2 Å². The fraction of sp³-hybridized carbons (Fsp3) is 0.0526. The SMILES string of the molecule is O=C(O)c1ccc(NC(=O)[C@@H]2C(=O)C(=O)N(c3ccc(C(=O)O)cc3)C2=O)cc1. The van der Waals surface area contributed by atoms with Crippen LogP contribution in [0.4, 0.5) is 11.4 Å². The number of Topliss-reactive ketones (excluding diaryl/α,β-unsaturated/α-hetero) is 1. The van der Waals surface area contributed by atoms with Crippen LogP contribution in [0, 0.1) is 5.92 Å². The van der Waals surface area contributed by atoms with Crippen molar-refractivity contribution in [1.29, 1.82) is 0 Å². The van der Waals surface area contributed by atoms with Crippen LogP contribution in [0.1, 0.15) is 20.7 Å². The maximum Gasteiger partial charge on any atom is 0.335 e. The van der Waals surface area contributed by atoms with E-state index in [1.54, 1.807) is 0 Å². The molecule has 0 saturated carbocycles. The lowest BCUT2D eigenvalue weighted by atomic mass is 10.1. The molecule has 0 aromatic heterocycles. The Hall–Kier alpha value is -4.34. The number of hydrogen-bond acceptors (Lipinski definition) is 6. The zero-order valence-corrected chi connectivity index (χ0v) is 14.5. The standard InChI is InChI=1S/C19H12N2O8/c22-14-13(15(23)20-11-5-1-9(2-6-11)18(26)27)16(24)21(17(14)25)12-7-3-10(4-8-12)19(28)29/h1-8,13H,(H,20,23)(H,26,27)(H,28,29)/t13-/m0/s1. The maximum atomic E-state index is 12.6. The van der Waals surface area contributed by atoms with Crippen LogP contribution in [0.5, 0.6) is 0 Å². The number of carboxylic acids is 2. The molecule has 10 nitrogen and oxygen atoms in total. The Kier molecular flexibility index (Phi) is 4.92. The van der Waals surface area contributed by atoms with Gasteiger partial charge in [-0.1, -0.05) is 0 Å². The first-order valence-electron chi connectivity index (χ1n) is 8.10. The normalized spacial score (nSPS) is 16.1. The van der Waals surface area contributed by atoms with Crippen LogP contribution in [0.2, 0.25) is 0 Å². The van der Waals surface area contributed by atoms with Crippen LogP contribution in [0.3, 0.4) is 0 Å². The van der Waals surface area contributed by atoms with Crippen molar-refractivity contribution in [3.8, 4) is 0 Å². The predicted octanol–water partition coefficient (Wildman–Crippen LogP) is 0.780. The van der Waals surface area contributed by atoms with Gasteiger partial charge >= 0.3 is 17.8 Å². The van der Waals surface area contributed by atoms with Crippen molar-refractivity contribution in [3.63, 3.8) is 0 Å². The van der Waals surface area contributed by atoms with Crippen molar-refractivity contribution < 1.29 is 39.0 Å². The lowest BCUT2D eigenvalue weighted by Crippen LogP contribution is -2.34. The first-order chi connectivity index (χ1) is 13.7. The Balaban J connectivity index is 1.81. The number of imide groups is 1. The molecule has 1 saturated heterocycles. The summed E-state index contributed by atoms with van der Waals surface area (Å²) in [7, 11) is 0. The smallest absolute Gasteiger partial charge is 0.335 e. The monoisotopic (exact) mass is 396 g/mol. The molecule has 1 aliphatic heterocycles. The summed E-state index contributed by atoms with van der Waals surface area (Å²) in [5, 5.41) is 20.1. The molecule has 1 heterocycles. The first kappa shape index (κ1) is 19.4. The van der Waals surface area contributed by atoms with Gasteiger partial charge in [0.25, 0.3) is 5.91 Å².